The lowest BCUT2D eigenvalue weighted by Gasteiger charge is -2.18. The van der Waals surface area contributed by atoms with Gasteiger partial charge in [0.2, 0.25) is 0 Å². The van der Waals surface area contributed by atoms with Gasteiger partial charge < -0.3 is 0 Å². The number of rotatable bonds is 8. The van der Waals surface area contributed by atoms with Crippen molar-refractivity contribution in [1.82, 2.24) is 0 Å². The van der Waals surface area contributed by atoms with Crippen LogP contribution >= 0.6 is 173 Å². The minimum atomic E-state index is 0.268. The van der Waals surface area contributed by atoms with Crippen molar-refractivity contribution < 1.29 is 0 Å². The first-order chi connectivity index (χ1) is 13.7. The van der Waals surface area contributed by atoms with E-state index in [1.807, 2.05) is 0 Å². The van der Waals surface area contributed by atoms with Crippen LogP contribution in [0.5, 0.6) is 0 Å². The van der Waals surface area contributed by atoms with Gasteiger partial charge in [-0.1, -0.05) is 150 Å². The molecule has 0 aromatic heterocycles. The van der Waals surface area contributed by atoms with Crippen molar-refractivity contribution >= 4 is 173 Å². The van der Waals surface area contributed by atoms with Gasteiger partial charge in [-0.05, 0) is 0 Å². The molecule has 0 saturated heterocycles. The topological polar surface area (TPSA) is 0 Å². The smallest absolute Gasteiger partial charge is 0.0759 e. The van der Waals surface area contributed by atoms with Crippen molar-refractivity contribution in [1.29, 1.82) is 0 Å². The molecule has 13 heteroatoms. The van der Waals surface area contributed by atoms with E-state index in [-0.39, 0.29) is 20.1 Å². The Hall–Kier alpha value is 3.27. The second kappa shape index (κ2) is 13.4. The van der Waals surface area contributed by atoms with Crippen molar-refractivity contribution in [3.05, 3.63) is 40.2 Å². The summed E-state index contributed by atoms with van der Waals surface area (Å²) in [7, 11) is 0. The lowest BCUT2D eigenvalue weighted by Crippen LogP contribution is -1.92. The molecule has 0 spiro atoms. The molecule has 0 aliphatic rings. The number of thioether (sulfide) groups is 2. The van der Waals surface area contributed by atoms with E-state index in [1.165, 1.54) is 23.5 Å². The molecule has 0 fully saturated rings. The van der Waals surface area contributed by atoms with Crippen LogP contribution in [0.25, 0.3) is 0 Å². The van der Waals surface area contributed by atoms with Gasteiger partial charge in [-0.3, -0.25) is 0 Å². The number of benzene rings is 2. The summed E-state index contributed by atoms with van der Waals surface area (Å²) < 4.78 is 1.84. The van der Waals surface area contributed by atoms with Gasteiger partial charge in [-0.25, -0.2) is 0 Å². The Balaban J connectivity index is 2.58. The summed E-state index contributed by atoms with van der Waals surface area (Å²) in [5.74, 6) is 1.64. The number of hydrogen-bond acceptors (Lipinski definition) is 3. The second-order valence-corrected chi connectivity index (χ2v) is 13.4. The Labute approximate surface area is 249 Å². The first kappa shape index (κ1) is 28.5. The minimum Gasteiger partial charge on any atom is -0.122 e. The molecule has 160 valence electrons. The fraction of sp³-hybridized carbons (Fsp3) is 0.250. The predicted octanol–water partition coefficient (Wildman–Crippen LogP) is 12.1. The van der Waals surface area contributed by atoms with Gasteiger partial charge in [-0.2, -0.15) is 0 Å². The Morgan fingerprint density at radius 1 is 0.448 bits per heavy atom. The number of hydrogen-bond donors (Lipinski definition) is 0. The van der Waals surface area contributed by atoms with E-state index in [9.17, 15) is 0 Å². The van der Waals surface area contributed by atoms with E-state index in [1.54, 1.807) is 0 Å². The molecule has 0 nitrogen and oxygen atoms in total. The van der Waals surface area contributed by atoms with Gasteiger partial charge >= 0.3 is 0 Å². The summed E-state index contributed by atoms with van der Waals surface area (Å²) in [5, 5.41) is 2.40. The molecule has 0 N–H and O–H groups in total. The summed E-state index contributed by atoms with van der Waals surface area (Å²) in [4.78, 5) is 2.16. The van der Waals surface area contributed by atoms with Crippen LogP contribution in [0.4, 0.5) is 0 Å². The van der Waals surface area contributed by atoms with Crippen molar-refractivity contribution in [2.45, 2.75) is 19.6 Å². The van der Waals surface area contributed by atoms with Gasteiger partial charge in [0.25, 0.3) is 0 Å². The molecule has 2 aromatic carbocycles. The fourth-order valence-electron chi connectivity index (χ4n) is 2.00. The summed E-state index contributed by atoms with van der Waals surface area (Å²) in [6.07, 6.45) is 0. The zero-order valence-corrected chi connectivity index (χ0v) is 26.6. The highest BCUT2D eigenvalue weighted by molar-refractivity contribution is 14.1. The summed E-state index contributed by atoms with van der Waals surface area (Å²) in [6, 6.07) is 0. The molecule has 0 heterocycles. The molecule has 0 aliphatic heterocycles. The van der Waals surface area contributed by atoms with Crippen LogP contribution in [0, 0.1) is 0 Å². The Kier molecular flexibility index (Phi) is 13.2. The number of halogens is 10. The Bertz CT molecular complexity index is 795. The van der Waals surface area contributed by atoms with Crippen LogP contribution < -0.4 is 0 Å². The van der Waals surface area contributed by atoms with E-state index in [4.69, 9.17) is 92.8 Å². The van der Waals surface area contributed by atoms with Crippen LogP contribution in [0.15, 0.2) is 19.6 Å². The SMILES string of the molecule is Clc1c(Cl)c(Sc2c(Cl)c(Cl)c(SCCI)c(Cl)c2Cl)c(Cl)c(Cl)c1SCCI. The van der Waals surface area contributed by atoms with E-state index in [2.05, 4.69) is 45.2 Å². The second-order valence-electron chi connectivity index (χ2n) is 5.01. The third-order valence-corrected chi connectivity index (χ3v) is 13.5. The zero-order chi connectivity index (χ0) is 21.9. The van der Waals surface area contributed by atoms with Crippen LogP contribution in [0.2, 0.25) is 40.2 Å². The van der Waals surface area contributed by atoms with Crippen molar-refractivity contribution in [3.63, 3.8) is 0 Å². The first-order valence-electron chi connectivity index (χ1n) is 7.44. The molecule has 0 saturated carbocycles. The maximum Gasteiger partial charge on any atom is 0.0759 e. The molecule has 29 heavy (non-hydrogen) atoms. The summed E-state index contributed by atoms with van der Waals surface area (Å²) >= 11 is 60.6. The molecular weight excluding hydrogens is 826 g/mol. The monoisotopic (exact) mass is 830 g/mol. The molecule has 0 radical (unpaired) electrons. The molecule has 2 aromatic rings. The van der Waals surface area contributed by atoms with Gasteiger partial charge in [0.1, 0.15) is 0 Å². The van der Waals surface area contributed by atoms with Crippen LogP contribution in [0.1, 0.15) is 0 Å². The highest BCUT2D eigenvalue weighted by Crippen LogP contribution is 2.55. The highest BCUT2D eigenvalue weighted by Gasteiger charge is 2.26. The van der Waals surface area contributed by atoms with E-state index < -0.39 is 0 Å². The van der Waals surface area contributed by atoms with Crippen molar-refractivity contribution in [2.75, 3.05) is 20.4 Å². The molecule has 0 unspecified atom stereocenters. The molecule has 2 rings (SSSR count). The predicted molar refractivity (Wildman–Crippen MR) is 156 cm³/mol. The first-order valence-corrected chi connectivity index (χ1v) is 16.3. The maximum absolute atomic E-state index is 6.52. The Morgan fingerprint density at radius 3 is 0.931 bits per heavy atom. The third kappa shape index (κ3) is 6.69. The number of alkyl halides is 2. The molecule has 0 atom stereocenters. The zero-order valence-electron chi connectivity index (χ0n) is 13.8. The maximum atomic E-state index is 6.52. The van der Waals surface area contributed by atoms with Crippen molar-refractivity contribution in [3.8, 4) is 0 Å². The lowest BCUT2D eigenvalue weighted by molar-refractivity contribution is 1.31. The van der Waals surface area contributed by atoms with E-state index >= 15 is 0 Å². The minimum absolute atomic E-state index is 0.268. The van der Waals surface area contributed by atoms with Gasteiger partial charge in [0, 0.05) is 30.2 Å². The lowest BCUT2D eigenvalue weighted by atomic mass is 10.3. The van der Waals surface area contributed by atoms with Crippen LogP contribution in [0.3, 0.4) is 0 Å². The molecule has 0 amide bonds. The Morgan fingerprint density at radius 2 is 0.690 bits per heavy atom. The summed E-state index contributed by atoms with van der Waals surface area (Å²) in [5.41, 5.74) is 0. The molecule has 0 bridgehead atoms. The van der Waals surface area contributed by atoms with E-state index in [0.29, 0.717) is 39.7 Å². The fourth-order valence-corrected chi connectivity index (χ4v) is 9.04. The highest BCUT2D eigenvalue weighted by atomic mass is 127. The third-order valence-electron chi connectivity index (χ3n) is 3.22. The van der Waals surface area contributed by atoms with Crippen LogP contribution in [-0.2, 0) is 0 Å². The van der Waals surface area contributed by atoms with Crippen LogP contribution in [-0.4, -0.2) is 20.4 Å². The molecular formula is C16H8Cl8I2S3. The molecule has 0 aliphatic carbocycles. The summed E-state index contributed by atoms with van der Waals surface area (Å²) in [6.45, 7) is 0. The van der Waals surface area contributed by atoms with E-state index in [0.717, 1.165) is 32.1 Å². The van der Waals surface area contributed by atoms with Gasteiger partial charge in [0.15, 0.2) is 0 Å². The average molecular weight is 834 g/mol. The van der Waals surface area contributed by atoms with Gasteiger partial charge in [-0.15, -0.1) is 23.5 Å². The quantitative estimate of drug-likeness (QED) is 0.113. The largest absolute Gasteiger partial charge is 0.122 e. The average Bonchev–Trinajstić information content (AvgIpc) is 2.70. The van der Waals surface area contributed by atoms with Crippen molar-refractivity contribution in [2.24, 2.45) is 0 Å². The normalized spacial score (nSPS) is 11.4. The van der Waals surface area contributed by atoms with Gasteiger partial charge in [0.05, 0.1) is 50.0 Å². The standard InChI is InChI=1S/C16H8Cl8I2S3/c17-5-9(21)15(10(22)6(18)13(5)27-3-1-25)29-16-11(23)7(19)14(28-4-2-26)8(20)12(16)24/h1-4H2.